The molecular formula is C17H22O. The van der Waals surface area contributed by atoms with Gasteiger partial charge in [-0.05, 0) is 61.8 Å². The molecule has 1 saturated carbocycles. The van der Waals surface area contributed by atoms with Crippen molar-refractivity contribution >= 4 is 12.2 Å². The minimum Gasteiger partial charge on any atom is -0.490 e. The average molecular weight is 242 g/mol. The fraction of sp³-hybridized carbons (Fsp3) is 0.529. The highest BCUT2D eigenvalue weighted by atomic mass is 16.5. The molecule has 0 N–H and O–H groups in total. The Morgan fingerprint density at radius 2 is 1.83 bits per heavy atom. The summed E-state index contributed by atoms with van der Waals surface area (Å²) in [7, 11) is 0. The molecule has 2 aliphatic carbocycles. The van der Waals surface area contributed by atoms with Gasteiger partial charge >= 0.3 is 0 Å². The SMILES string of the molecule is Cc1ccc(OC2CCC(C)C2)c2c1=CCCC=2. The highest BCUT2D eigenvalue weighted by molar-refractivity contribution is 5.46. The molecule has 3 rings (SSSR count). The van der Waals surface area contributed by atoms with Gasteiger partial charge < -0.3 is 4.74 Å². The first-order valence-electron chi connectivity index (χ1n) is 7.20. The van der Waals surface area contributed by atoms with E-state index >= 15 is 0 Å². The van der Waals surface area contributed by atoms with Crippen molar-refractivity contribution in [1.29, 1.82) is 0 Å². The van der Waals surface area contributed by atoms with Crippen molar-refractivity contribution in [1.82, 2.24) is 0 Å². The van der Waals surface area contributed by atoms with Gasteiger partial charge in [0.15, 0.2) is 0 Å². The van der Waals surface area contributed by atoms with Crippen molar-refractivity contribution < 1.29 is 4.74 Å². The van der Waals surface area contributed by atoms with Crippen LogP contribution in [0.5, 0.6) is 5.75 Å². The normalized spacial score (nSPS) is 26.1. The van der Waals surface area contributed by atoms with Gasteiger partial charge in [-0.3, -0.25) is 0 Å². The van der Waals surface area contributed by atoms with Crippen LogP contribution in [0.2, 0.25) is 0 Å². The molecule has 2 atom stereocenters. The van der Waals surface area contributed by atoms with Crippen LogP contribution in [0.15, 0.2) is 12.1 Å². The summed E-state index contributed by atoms with van der Waals surface area (Å²) in [4.78, 5) is 0. The molecule has 1 aromatic carbocycles. The quantitative estimate of drug-likeness (QED) is 0.775. The molecule has 0 aliphatic heterocycles. The summed E-state index contributed by atoms with van der Waals surface area (Å²) in [5.41, 5.74) is 1.37. The Labute approximate surface area is 109 Å². The van der Waals surface area contributed by atoms with Gasteiger partial charge in [-0.2, -0.15) is 0 Å². The molecule has 0 amide bonds. The molecule has 18 heavy (non-hydrogen) atoms. The number of fused-ring (bicyclic) bond motifs is 1. The van der Waals surface area contributed by atoms with E-state index in [1.54, 1.807) is 0 Å². The number of aryl methyl sites for hydroxylation is 1. The number of rotatable bonds is 2. The topological polar surface area (TPSA) is 9.23 Å². The summed E-state index contributed by atoms with van der Waals surface area (Å²) in [5.74, 6) is 1.93. The number of ether oxygens (including phenoxy) is 1. The zero-order chi connectivity index (χ0) is 12.5. The number of benzene rings is 1. The molecule has 2 aliphatic rings. The Morgan fingerprint density at radius 1 is 1.06 bits per heavy atom. The largest absolute Gasteiger partial charge is 0.490 e. The van der Waals surface area contributed by atoms with Gasteiger partial charge in [0.1, 0.15) is 5.75 Å². The molecule has 0 saturated heterocycles. The monoisotopic (exact) mass is 242 g/mol. The lowest BCUT2D eigenvalue weighted by Gasteiger charge is -2.16. The molecule has 0 radical (unpaired) electrons. The van der Waals surface area contributed by atoms with Crippen LogP contribution in [-0.2, 0) is 0 Å². The predicted molar refractivity (Wildman–Crippen MR) is 76.0 cm³/mol. The van der Waals surface area contributed by atoms with E-state index < -0.39 is 0 Å². The maximum absolute atomic E-state index is 6.25. The molecule has 1 fully saturated rings. The van der Waals surface area contributed by atoms with Crippen molar-refractivity contribution in [2.75, 3.05) is 0 Å². The second-order valence-electron chi connectivity index (χ2n) is 5.85. The minimum atomic E-state index is 0.433. The van der Waals surface area contributed by atoms with Crippen LogP contribution in [0, 0.1) is 12.8 Å². The van der Waals surface area contributed by atoms with E-state index in [4.69, 9.17) is 4.74 Å². The van der Waals surface area contributed by atoms with Crippen LogP contribution in [0.4, 0.5) is 0 Å². The summed E-state index contributed by atoms with van der Waals surface area (Å²) < 4.78 is 6.25. The van der Waals surface area contributed by atoms with E-state index in [2.05, 4.69) is 38.1 Å². The maximum Gasteiger partial charge on any atom is 0.127 e. The van der Waals surface area contributed by atoms with Gasteiger partial charge in [0.05, 0.1) is 6.10 Å². The van der Waals surface area contributed by atoms with Gasteiger partial charge in [0.25, 0.3) is 0 Å². The molecule has 0 heterocycles. The summed E-state index contributed by atoms with van der Waals surface area (Å²) in [6, 6.07) is 4.36. The van der Waals surface area contributed by atoms with Crippen LogP contribution in [0.25, 0.3) is 12.2 Å². The van der Waals surface area contributed by atoms with Gasteiger partial charge in [0.2, 0.25) is 0 Å². The van der Waals surface area contributed by atoms with E-state index in [1.807, 2.05) is 0 Å². The zero-order valence-corrected chi connectivity index (χ0v) is 11.4. The molecule has 0 bridgehead atoms. The first-order valence-corrected chi connectivity index (χ1v) is 7.20. The van der Waals surface area contributed by atoms with Crippen molar-refractivity contribution in [2.45, 2.75) is 52.1 Å². The lowest BCUT2D eigenvalue weighted by Crippen LogP contribution is -2.32. The highest BCUT2D eigenvalue weighted by Gasteiger charge is 2.23. The smallest absolute Gasteiger partial charge is 0.127 e. The molecule has 0 spiro atoms. The van der Waals surface area contributed by atoms with Gasteiger partial charge in [-0.15, -0.1) is 0 Å². The van der Waals surface area contributed by atoms with Crippen molar-refractivity contribution in [3.8, 4) is 5.75 Å². The standard InChI is InChI=1S/C17H22O/c1-12-7-9-14(11-12)18-17-10-8-13(2)15-5-3-4-6-16(15)17/h5-6,8,10,12,14H,3-4,7,9,11H2,1-2H3. The molecule has 1 aromatic rings. The molecule has 96 valence electrons. The second-order valence-corrected chi connectivity index (χ2v) is 5.85. The van der Waals surface area contributed by atoms with Gasteiger partial charge in [-0.25, -0.2) is 0 Å². The summed E-state index contributed by atoms with van der Waals surface area (Å²) in [5, 5.41) is 2.73. The van der Waals surface area contributed by atoms with E-state index in [-0.39, 0.29) is 0 Å². The van der Waals surface area contributed by atoms with E-state index in [0.717, 1.165) is 24.5 Å². The molecule has 2 unspecified atom stereocenters. The van der Waals surface area contributed by atoms with Crippen LogP contribution < -0.4 is 15.2 Å². The van der Waals surface area contributed by atoms with Crippen molar-refractivity contribution in [3.05, 3.63) is 28.1 Å². The van der Waals surface area contributed by atoms with E-state index in [9.17, 15) is 0 Å². The maximum atomic E-state index is 6.25. The third kappa shape index (κ3) is 2.19. The fourth-order valence-corrected chi connectivity index (χ4v) is 3.21. The number of hydrogen-bond acceptors (Lipinski definition) is 1. The Morgan fingerprint density at radius 3 is 2.56 bits per heavy atom. The Bertz CT molecular complexity index is 556. The first-order chi connectivity index (χ1) is 8.74. The third-order valence-electron chi connectivity index (χ3n) is 4.27. The fourth-order valence-electron chi connectivity index (χ4n) is 3.21. The lowest BCUT2D eigenvalue weighted by atomic mass is 10.0. The highest BCUT2D eigenvalue weighted by Crippen LogP contribution is 2.27. The minimum absolute atomic E-state index is 0.433. The molecule has 0 aromatic heterocycles. The molecule has 1 heteroatoms. The summed E-state index contributed by atoms with van der Waals surface area (Å²) in [6.45, 7) is 4.52. The van der Waals surface area contributed by atoms with Crippen LogP contribution in [0.1, 0.15) is 44.6 Å². The third-order valence-corrected chi connectivity index (χ3v) is 4.27. The second kappa shape index (κ2) is 4.79. The first kappa shape index (κ1) is 11.8. The van der Waals surface area contributed by atoms with Gasteiger partial charge in [-0.1, -0.05) is 25.1 Å². The Kier molecular flexibility index (Phi) is 3.15. The Balaban J connectivity index is 1.94. The average Bonchev–Trinajstić information content (AvgIpc) is 2.79. The van der Waals surface area contributed by atoms with Crippen LogP contribution in [0.3, 0.4) is 0 Å². The van der Waals surface area contributed by atoms with E-state index in [0.29, 0.717) is 6.10 Å². The Hall–Kier alpha value is -1.24. The number of hydrogen-bond donors (Lipinski definition) is 0. The van der Waals surface area contributed by atoms with Crippen molar-refractivity contribution in [3.63, 3.8) is 0 Å². The lowest BCUT2D eigenvalue weighted by molar-refractivity contribution is 0.203. The van der Waals surface area contributed by atoms with Crippen LogP contribution >= 0.6 is 0 Å². The van der Waals surface area contributed by atoms with Crippen LogP contribution in [-0.4, -0.2) is 6.10 Å². The molecule has 1 nitrogen and oxygen atoms in total. The summed E-state index contributed by atoms with van der Waals surface area (Å²) in [6.07, 6.45) is 11.2. The predicted octanol–water partition coefficient (Wildman–Crippen LogP) is 2.92. The van der Waals surface area contributed by atoms with Gasteiger partial charge in [0, 0.05) is 5.22 Å². The molecular weight excluding hydrogens is 220 g/mol. The van der Waals surface area contributed by atoms with E-state index in [1.165, 1.54) is 35.3 Å². The summed E-state index contributed by atoms with van der Waals surface area (Å²) >= 11 is 0. The zero-order valence-electron chi connectivity index (χ0n) is 11.4. The van der Waals surface area contributed by atoms with Crippen molar-refractivity contribution in [2.24, 2.45) is 5.92 Å².